The highest BCUT2D eigenvalue weighted by atomic mass is 32.2. The van der Waals surface area contributed by atoms with Crippen LogP contribution in [0.25, 0.3) is 0 Å². The number of amides is 2. The molecule has 0 bridgehead atoms. The van der Waals surface area contributed by atoms with Crippen molar-refractivity contribution in [1.82, 2.24) is 14.3 Å². The van der Waals surface area contributed by atoms with Gasteiger partial charge in [-0.3, -0.25) is 23.9 Å². The number of hydrogen-bond donors (Lipinski definition) is 2. The van der Waals surface area contributed by atoms with Crippen LogP contribution < -0.4 is 9.44 Å². The van der Waals surface area contributed by atoms with Gasteiger partial charge in [0.1, 0.15) is 0 Å². The average Bonchev–Trinajstić information content (AvgIpc) is 3.85. The second-order valence-corrected chi connectivity index (χ2v) is 22.4. The minimum Gasteiger partial charge on any atom is -0.332 e. The molecule has 0 aromatic rings. The van der Waals surface area contributed by atoms with Crippen molar-refractivity contribution >= 4 is 43.4 Å². The molecule has 1 aliphatic heterocycles. The van der Waals surface area contributed by atoms with Crippen molar-refractivity contribution < 1.29 is 36.0 Å². The lowest BCUT2D eigenvalue weighted by molar-refractivity contribution is -0.146. The Labute approximate surface area is 293 Å². The van der Waals surface area contributed by atoms with Crippen LogP contribution in [0.1, 0.15) is 113 Å². The molecule has 2 N–H and O–H groups in total. The first-order valence-electron chi connectivity index (χ1n) is 17.7. The maximum absolute atomic E-state index is 14.9. The van der Waals surface area contributed by atoms with E-state index < -0.39 is 71.2 Å². The highest BCUT2D eigenvalue weighted by Crippen LogP contribution is 2.88. The summed E-state index contributed by atoms with van der Waals surface area (Å²) in [5, 5.41) is -0.591. The number of nitrogens with zero attached hydrogens (tertiary/aromatic N) is 1. The first-order valence-corrected chi connectivity index (χ1v) is 21.2. The number of carbonyl (C=O) groups excluding carboxylic acids is 4. The Morgan fingerprint density at radius 2 is 1.53 bits per heavy atom. The summed E-state index contributed by atoms with van der Waals surface area (Å²) in [6, 6.07) is -1.89. The van der Waals surface area contributed by atoms with Gasteiger partial charge in [-0.1, -0.05) is 67.9 Å². The van der Waals surface area contributed by atoms with Crippen LogP contribution in [0.15, 0.2) is 12.7 Å². The lowest BCUT2D eigenvalue weighted by Crippen LogP contribution is -2.52. The van der Waals surface area contributed by atoms with E-state index in [4.69, 9.17) is 0 Å². The van der Waals surface area contributed by atoms with Gasteiger partial charge in [-0.15, -0.1) is 6.58 Å². The second-order valence-electron chi connectivity index (χ2n) is 18.6. The lowest BCUT2D eigenvalue weighted by Gasteiger charge is -2.37. The van der Waals surface area contributed by atoms with Crippen molar-refractivity contribution in [2.24, 2.45) is 44.3 Å². The second kappa shape index (κ2) is 11.7. The number of rotatable bonds is 13. The summed E-state index contributed by atoms with van der Waals surface area (Å²) in [6.45, 7) is 19.5. The summed E-state index contributed by atoms with van der Waals surface area (Å²) in [4.78, 5) is 58.5. The minimum atomic E-state index is -3.83. The van der Waals surface area contributed by atoms with E-state index in [-0.39, 0.29) is 46.7 Å². The Kier molecular flexibility index (Phi) is 9.10. The van der Waals surface area contributed by atoms with Crippen LogP contribution in [0.5, 0.6) is 0 Å². The Morgan fingerprint density at radius 3 is 1.94 bits per heavy atom. The van der Waals surface area contributed by atoms with E-state index in [1.165, 1.54) is 0 Å². The molecular weight excluding hydrogens is 667 g/mol. The van der Waals surface area contributed by atoms with Gasteiger partial charge in [-0.25, -0.2) is 21.6 Å². The summed E-state index contributed by atoms with van der Waals surface area (Å²) >= 11 is 0. The Hall–Kier alpha value is -2.12. The van der Waals surface area contributed by atoms with Gasteiger partial charge in [0.25, 0.3) is 0 Å². The number of nitrogens with one attached hydrogen (secondary N) is 2. The molecule has 276 valence electrons. The number of hydrogen-bond acceptors (Lipinski definition) is 8. The van der Waals surface area contributed by atoms with Crippen molar-refractivity contribution in [2.45, 2.75) is 131 Å². The van der Waals surface area contributed by atoms with E-state index in [1.807, 2.05) is 20.8 Å². The predicted octanol–water partition coefficient (Wildman–Crippen LogP) is 4.13. The fourth-order valence-corrected chi connectivity index (χ4v) is 11.9. The Bertz CT molecular complexity index is 1660. The van der Waals surface area contributed by atoms with E-state index in [0.717, 1.165) is 25.5 Å². The van der Waals surface area contributed by atoms with Gasteiger partial charge < -0.3 is 4.90 Å². The molecule has 5 aliphatic rings. The van der Waals surface area contributed by atoms with Gasteiger partial charge in [0.15, 0.2) is 11.6 Å². The number of allylic oxidation sites excluding steroid dienone is 1. The SMILES string of the molecule is C=C[C@@H]1C[C@]1(CC(=O)[C@@H]1C[C@@]2(CN1C(=O)[C@@H](CC(=O)[C@@H](NS(C)(=O)=O)C(C)(C)C)C(C)(C)C)C(C)(C)C21CCC1)C(=O)NS(=O)(=O)C1CC1. The van der Waals surface area contributed by atoms with Crippen molar-refractivity contribution in [1.29, 1.82) is 0 Å². The first kappa shape index (κ1) is 38.1. The molecule has 5 fully saturated rings. The van der Waals surface area contributed by atoms with Crippen LogP contribution in [-0.4, -0.2) is 75.3 Å². The molecule has 0 aromatic heterocycles. The maximum atomic E-state index is 14.9. The average molecular weight is 724 g/mol. The molecule has 4 aliphatic carbocycles. The molecule has 2 amide bonds. The zero-order chi connectivity index (χ0) is 37.0. The van der Waals surface area contributed by atoms with E-state index in [0.29, 0.717) is 32.2 Å². The largest absolute Gasteiger partial charge is 0.332 e. The number of Topliss-reactive ketones (excluding diaryl/α,β-unsaturated/α-hetero) is 2. The van der Waals surface area contributed by atoms with Crippen LogP contribution in [-0.2, 0) is 39.2 Å². The number of fused-ring (bicyclic) bond motifs is 1. The van der Waals surface area contributed by atoms with Gasteiger partial charge in [0.2, 0.25) is 31.9 Å². The molecule has 4 saturated carbocycles. The molecule has 2 spiro atoms. The molecule has 1 saturated heterocycles. The fourth-order valence-electron chi connectivity index (χ4n) is 9.65. The molecular formula is C36H57N3O8S2. The zero-order valence-corrected chi connectivity index (χ0v) is 32.4. The summed E-state index contributed by atoms with van der Waals surface area (Å²) < 4.78 is 54.7. The third-order valence-corrected chi connectivity index (χ3v) is 15.8. The quantitative estimate of drug-likeness (QED) is 0.268. The Balaban J connectivity index is 1.46. The van der Waals surface area contributed by atoms with E-state index in [2.05, 4.69) is 29.9 Å². The van der Waals surface area contributed by atoms with Crippen molar-refractivity contribution in [3.63, 3.8) is 0 Å². The molecule has 6 atom stereocenters. The third-order valence-electron chi connectivity index (χ3n) is 13.3. The highest BCUT2D eigenvalue weighted by molar-refractivity contribution is 7.91. The van der Waals surface area contributed by atoms with E-state index in [9.17, 15) is 36.0 Å². The summed E-state index contributed by atoms with van der Waals surface area (Å²) in [6.07, 6.45) is 7.03. The van der Waals surface area contributed by atoms with Crippen LogP contribution in [0.2, 0.25) is 0 Å². The van der Waals surface area contributed by atoms with Crippen molar-refractivity contribution in [3.8, 4) is 0 Å². The molecule has 5 rings (SSSR count). The van der Waals surface area contributed by atoms with Gasteiger partial charge >= 0.3 is 0 Å². The standard InChI is InChI=1S/C36H57N3O8S2/c1-11-22-18-34(22,30(43)38-49(46,47)23-13-14-23)20-27(41)25-19-36(33(8,9)35(36)15-12-16-35)21-39(25)29(42)24(31(2,3)4)17-26(40)28(32(5,6)7)37-48(10,44)45/h11,22-25,28,37H,1,12-21H2,2-10H3,(H,38,43)/t22-,24-,25+,28-,34-,36-/m1/s1. The zero-order valence-electron chi connectivity index (χ0n) is 30.8. The van der Waals surface area contributed by atoms with Crippen LogP contribution >= 0.6 is 0 Å². The topological polar surface area (TPSA) is 164 Å². The van der Waals surface area contributed by atoms with Gasteiger partial charge in [0, 0.05) is 30.7 Å². The van der Waals surface area contributed by atoms with Crippen LogP contribution in [0, 0.1) is 44.3 Å². The molecule has 0 unspecified atom stereocenters. The summed E-state index contributed by atoms with van der Waals surface area (Å²) in [5.74, 6) is -2.90. The van der Waals surface area contributed by atoms with Crippen molar-refractivity contribution in [2.75, 3.05) is 12.8 Å². The molecule has 49 heavy (non-hydrogen) atoms. The van der Waals surface area contributed by atoms with Gasteiger partial charge in [-0.2, -0.15) is 0 Å². The first-order chi connectivity index (χ1) is 22.2. The monoisotopic (exact) mass is 723 g/mol. The minimum absolute atomic E-state index is 0.00792. The predicted molar refractivity (Wildman–Crippen MR) is 187 cm³/mol. The number of likely N-dealkylation sites (tertiary alicyclic amines) is 1. The van der Waals surface area contributed by atoms with Crippen LogP contribution in [0.3, 0.4) is 0 Å². The molecule has 0 radical (unpaired) electrons. The number of ketones is 2. The number of carbonyl (C=O) groups is 4. The Morgan fingerprint density at radius 1 is 0.939 bits per heavy atom. The third kappa shape index (κ3) is 6.36. The summed E-state index contributed by atoms with van der Waals surface area (Å²) in [7, 11) is -7.56. The molecule has 0 aromatic carbocycles. The van der Waals surface area contributed by atoms with E-state index in [1.54, 1.807) is 31.7 Å². The summed E-state index contributed by atoms with van der Waals surface area (Å²) in [5.41, 5.74) is -3.11. The smallest absolute Gasteiger partial charge is 0.240 e. The van der Waals surface area contributed by atoms with Crippen molar-refractivity contribution in [3.05, 3.63) is 12.7 Å². The molecule has 1 heterocycles. The number of sulfonamides is 2. The van der Waals surface area contributed by atoms with Gasteiger partial charge in [0.05, 0.1) is 29.0 Å². The van der Waals surface area contributed by atoms with E-state index >= 15 is 0 Å². The fraction of sp³-hybridized carbons (Fsp3) is 0.833. The molecule has 13 heteroatoms. The maximum Gasteiger partial charge on any atom is 0.240 e. The molecule has 11 nitrogen and oxygen atoms in total. The lowest BCUT2D eigenvalue weighted by atomic mass is 9.73. The normalized spacial score (nSPS) is 31.5. The van der Waals surface area contributed by atoms with Crippen LogP contribution in [0.4, 0.5) is 0 Å². The van der Waals surface area contributed by atoms with Gasteiger partial charge in [-0.05, 0) is 66.1 Å². The highest BCUT2D eigenvalue weighted by Gasteiger charge is 2.85.